The van der Waals surface area contributed by atoms with Crippen molar-refractivity contribution in [3.05, 3.63) is 29.8 Å². The van der Waals surface area contributed by atoms with Gasteiger partial charge in [0.05, 0.1) is 10.6 Å². The number of hydrogen-bond donors (Lipinski definition) is 1. The Hall–Kier alpha value is -0.910. The minimum Gasteiger partial charge on any atom is -0.314 e. The Labute approximate surface area is 128 Å². The summed E-state index contributed by atoms with van der Waals surface area (Å²) >= 11 is 0. The molecule has 0 aliphatic carbocycles. The number of rotatable bonds is 7. The molecule has 1 N–H and O–H groups in total. The van der Waals surface area contributed by atoms with Crippen LogP contribution in [0, 0.1) is 0 Å². The molecule has 0 saturated carbocycles. The fourth-order valence-electron chi connectivity index (χ4n) is 2.66. The molecule has 0 amide bonds. The lowest BCUT2D eigenvalue weighted by Gasteiger charge is -2.27. The third-order valence-electron chi connectivity index (χ3n) is 4.04. The lowest BCUT2D eigenvalue weighted by molar-refractivity contribution is 0.237. The number of nitrogens with one attached hydrogen (secondary N) is 1. The van der Waals surface area contributed by atoms with Crippen LogP contribution in [0.1, 0.15) is 25.3 Å². The van der Waals surface area contributed by atoms with Gasteiger partial charge in [-0.15, -0.1) is 0 Å². The lowest BCUT2D eigenvalue weighted by Crippen LogP contribution is -2.43. The molecule has 1 saturated heterocycles. The molecule has 0 radical (unpaired) electrons. The van der Waals surface area contributed by atoms with Crippen molar-refractivity contribution in [3.63, 3.8) is 0 Å². The number of nitrogens with zero attached hydrogens (tertiary/aromatic N) is 1. The van der Waals surface area contributed by atoms with Gasteiger partial charge in [-0.25, -0.2) is 8.42 Å². The normalized spacial score (nSPS) is 17.0. The highest BCUT2D eigenvalue weighted by Gasteiger charge is 2.12. The first-order valence-electron chi connectivity index (χ1n) is 7.86. The summed E-state index contributed by atoms with van der Waals surface area (Å²) in [5, 5.41) is 3.36. The Kier molecular flexibility index (Phi) is 6.21. The average molecular weight is 310 g/mol. The average Bonchev–Trinajstić information content (AvgIpc) is 2.53. The van der Waals surface area contributed by atoms with Crippen molar-refractivity contribution in [2.45, 2.75) is 31.1 Å². The Bertz CT molecular complexity index is 537. The highest BCUT2D eigenvalue weighted by molar-refractivity contribution is 7.91. The van der Waals surface area contributed by atoms with Crippen LogP contribution >= 0.6 is 0 Å². The van der Waals surface area contributed by atoms with E-state index in [4.69, 9.17) is 0 Å². The predicted molar refractivity (Wildman–Crippen MR) is 86.4 cm³/mol. The van der Waals surface area contributed by atoms with Crippen molar-refractivity contribution < 1.29 is 8.42 Å². The molecule has 0 atom stereocenters. The summed E-state index contributed by atoms with van der Waals surface area (Å²) in [5.74, 6) is 0.166. The van der Waals surface area contributed by atoms with Crippen molar-refractivity contribution in [1.29, 1.82) is 0 Å². The number of piperazine rings is 1. The smallest absolute Gasteiger partial charge is 0.178 e. The Morgan fingerprint density at radius 3 is 2.67 bits per heavy atom. The van der Waals surface area contributed by atoms with Gasteiger partial charge in [-0.2, -0.15) is 0 Å². The van der Waals surface area contributed by atoms with E-state index >= 15 is 0 Å². The molecule has 1 fully saturated rings. The summed E-state index contributed by atoms with van der Waals surface area (Å²) in [6.07, 6.45) is 3.24. The summed E-state index contributed by atoms with van der Waals surface area (Å²) < 4.78 is 23.8. The van der Waals surface area contributed by atoms with Gasteiger partial charge in [0, 0.05) is 26.2 Å². The van der Waals surface area contributed by atoms with Crippen LogP contribution in [0.25, 0.3) is 0 Å². The van der Waals surface area contributed by atoms with E-state index < -0.39 is 9.84 Å². The van der Waals surface area contributed by atoms with Crippen molar-refractivity contribution >= 4 is 9.84 Å². The molecule has 0 aromatic heterocycles. The Balaban J connectivity index is 1.79. The topological polar surface area (TPSA) is 49.4 Å². The monoisotopic (exact) mass is 310 g/mol. The van der Waals surface area contributed by atoms with E-state index in [-0.39, 0.29) is 5.75 Å². The van der Waals surface area contributed by atoms with Crippen LogP contribution in [0.2, 0.25) is 0 Å². The third kappa shape index (κ3) is 5.09. The highest BCUT2D eigenvalue weighted by atomic mass is 32.2. The fourth-order valence-corrected chi connectivity index (χ4v) is 3.61. The number of benzene rings is 1. The molecule has 0 unspecified atom stereocenters. The van der Waals surface area contributed by atoms with Crippen LogP contribution in [0.3, 0.4) is 0 Å². The van der Waals surface area contributed by atoms with Crippen LogP contribution in [0.4, 0.5) is 0 Å². The molecular formula is C16H26N2O2S. The molecule has 118 valence electrons. The minimum atomic E-state index is -3.08. The zero-order chi connectivity index (χ0) is 15.1. The molecule has 1 aromatic carbocycles. The molecule has 4 nitrogen and oxygen atoms in total. The van der Waals surface area contributed by atoms with E-state index in [2.05, 4.69) is 10.2 Å². The van der Waals surface area contributed by atoms with E-state index in [0.717, 1.165) is 51.1 Å². The second kappa shape index (κ2) is 7.92. The van der Waals surface area contributed by atoms with Gasteiger partial charge in [-0.1, -0.05) is 19.1 Å². The van der Waals surface area contributed by atoms with E-state index in [1.807, 2.05) is 18.2 Å². The van der Waals surface area contributed by atoms with Gasteiger partial charge >= 0.3 is 0 Å². The summed E-state index contributed by atoms with van der Waals surface area (Å²) in [7, 11) is -3.08. The first-order valence-corrected chi connectivity index (χ1v) is 9.52. The highest BCUT2D eigenvalue weighted by Crippen LogP contribution is 2.15. The molecule has 1 aromatic rings. The zero-order valence-corrected chi connectivity index (χ0v) is 13.7. The quantitative estimate of drug-likeness (QED) is 0.779. The van der Waals surface area contributed by atoms with Crippen molar-refractivity contribution in [1.82, 2.24) is 10.2 Å². The maximum Gasteiger partial charge on any atom is 0.178 e. The minimum absolute atomic E-state index is 0.166. The summed E-state index contributed by atoms with van der Waals surface area (Å²) in [6.45, 7) is 7.31. The van der Waals surface area contributed by atoms with E-state index in [9.17, 15) is 8.42 Å². The first-order chi connectivity index (χ1) is 10.1. The number of unbranched alkanes of at least 4 members (excludes halogenated alkanes) is 1. The molecule has 0 bridgehead atoms. The lowest BCUT2D eigenvalue weighted by atomic mass is 10.1. The molecule has 2 rings (SSSR count). The van der Waals surface area contributed by atoms with E-state index in [1.54, 1.807) is 13.0 Å². The second-order valence-electron chi connectivity index (χ2n) is 5.60. The number of aryl methyl sites for hydroxylation is 1. The largest absolute Gasteiger partial charge is 0.314 e. The predicted octanol–water partition coefficient (Wildman–Crippen LogP) is 1.71. The van der Waals surface area contributed by atoms with Crippen LogP contribution in [-0.4, -0.2) is 51.8 Å². The van der Waals surface area contributed by atoms with Gasteiger partial charge in [0.25, 0.3) is 0 Å². The van der Waals surface area contributed by atoms with Gasteiger partial charge in [0.1, 0.15) is 0 Å². The maximum atomic E-state index is 11.9. The van der Waals surface area contributed by atoms with E-state index in [0.29, 0.717) is 4.90 Å². The maximum absolute atomic E-state index is 11.9. The standard InChI is InChI=1S/C16H26N2O2S/c1-2-21(19,20)16-8-5-7-15(14-16)6-3-4-11-18-12-9-17-10-13-18/h5,7-8,14,17H,2-4,6,9-13H2,1H3. The van der Waals surface area contributed by atoms with Gasteiger partial charge in [0.15, 0.2) is 9.84 Å². The SMILES string of the molecule is CCS(=O)(=O)c1cccc(CCCCN2CCNCC2)c1. The molecule has 1 aliphatic heterocycles. The molecule has 1 heterocycles. The Morgan fingerprint density at radius 1 is 1.19 bits per heavy atom. The van der Waals surface area contributed by atoms with Crippen molar-refractivity contribution in [2.24, 2.45) is 0 Å². The molecule has 0 spiro atoms. The van der Waals surface area contributed by atoms with Crippen LogP contribution in [0.15, 0.2) is 29.2 Å². The Morgan fingerprint density at radius 2 is 1.95 bits per heavy atom. The van der Waals surface area contributed by atoms with Gasteiger partial charge in [-0.05, 0) is 43.5 Å². The van der Waals surface area contributed by atoms with Crippen molar-refractivity contribution in [2.75, 3.05) is 38.5 Å². The number of sulfone groups is 1. The van der Waals surface area contributed by atoms with Gasteiger partial charge in [-0.3, -0.25) is 0 Å². The third-order valence-corrected chi connectivity index (χ3v) is 5.77. The van der Waals surface area contributed by atoms with Gasteiger partial charge < -0.3 is 10.2 Å². The van der Waals surface area contributed by atoms with Gasteiger partial charge in [0.2, 0.25) is 0 Å². The molecule has 1 aliphatic rings. The second-order valence-corrected chi connectivity index (χ2v) is 7.88. The number of hydrogen-bond acceptors (Lipinski definition) is 4. The van der Waals surface area contributed by atoms with Crippen LogP contribution in [0.5, 0.6) is 0 Å². The van der Waals surface area contributed by atoms with Crippen LogP contribution in [-0.2, 0) is 16.3 Å². The first kappa shape index (κ1) is 16.5. The summed E-state index contributed by atoms with van der Waals surface area (Å²) in [4.78, 5) is 2.96. The molecule has 21 heavy (non-hydrogen) atoms. The molecule has 5 heteroatoms. The van der Waals surface area contributed by atoms with Crippen LogP contribution < -0.4 is 5.32 Å². The van der Waals surface area contributed by atoms with E-state index in [1.165, 1.54) is 6.42 Å². The summed E-state index contributed by atoms with van der Waals surface area (Å²) in [6, 6.07) is 7.42. The fraction of sp³-hybridized carbons (Fsp3) is 0.625. The summed E-state index contributed by atoms with van der Waals surface area (Å²) in [5.41, 5.74) is 1.13. The zero-order valence-electron chi connectivity index (χ0n) is 12.8. The van der Waals surface area contributed by atoms with Crippen molar-refractivity contribution in [3.8, 4) is 0 Å². The molecular weight excluding hydrogens is 284 g/mol.